The largest absolute Gasteiger partial charge is 0.357 e. The molecule has 0 fully saturated rings. The van der Waals surface area contributed by atoms with Gasteiger partial charge in [-0.25, -0.2) is 4.98 Å². The Morgan fingerprint density at radius 1 is 1.69 bits per heavy atom. The molecule has 13 heavy (non-hydrogen) atoms. The number of aromatic nitrogens is 1. The molecule has 1 aromatic heterocycles. The van der Waals surface area contributed by atoms with Gasteiger partial charge in [-0.2, -0.15) is 0 Å². The van der Waals surface area contributed by atoms with Crippen molar-refractivity contribution in [3.8, 4) is 0 Å². The Bertz CT molecular complexity index is 262. The number of hydrogen-bond donors (Lipinski definition) is 2. The molecule has 74 valence electrons. The molecule has 0 spiro atoms. The molecule has 1 rings (SSSR count). The van der Waals surface area contributed by atoms with E-state index in [0.29, 0.717) is 17.6 Å². The van der Waals surface area contributed by atoms with Crippen LogP contribution in [0.5, 0.6) is 0 Å². The van der Waals surface area contributed by atoms with E-state index in [1.54, 1.807) is 5.38 Å². The van der Waals surface area contributed by atoms with E-state index < -0.39 is 0 Å². The molecule has 0 aliphatic heterocycles. The third-order valence-corrected chi connectivity index (χ3v) is 2.94. The van der Waals surface area contributed by atoms with Gasteiger partial charge in [-0.05, 0) is 5.92 Å². The lowest BCUT2D eigenvalue weighted by molar-refractivity contribution is 0.531. The second-order valence-corrected chi connectivity index (χ2v) is 4.45. The van der Waals surface area contributed by atoms with Crippen molar-refractivity contribution < 1.29 is 0 Å². The SMILES string of the molecule is CC(C)C(CN)Nc1nc(Cl)cs1. The van der Waals surface area contributed by atoms with Gasteiger partial charge in [0.15, 0.2) is 5.13 Å². The van der Waals surface area contributed by atoms with E-state index in [1.165, 1.54) is 11.3 Å². The molecule has 0 saturated carbocycles. The van der Waals surface area contributed by atoms with E-state index >= 15 is 0 Å². The first-order valence-electron chi connectivity index (χ1n) is 4.21. The first-order valence-corrected chi connectivity index (χ1v) is 5.47. The summed E-state index contributed by atoms with van der Waals surface area (Å²) in [6.45, 7) is 4.86. The predicted molar refractivity (Wildman–Crippen MR) is 58.4 cm³/mol. The number of rotatable bonds is 4. The Morgan fingerprint density at radius 2 is 2.38 bits per heavy atom. The quantitative estimate of drug-likeness (QED) is 0.817. The average molecular weight is 220 g/mol. The maximum Gasteiger partial charge on any atom is 0.184 e. The highest BCUT2D eigenvalue weighted by Gasteiger charge is 2.12. The van der Waals surface area contributed by atoms with Gasteiger partial charge in [-0.15, -0.1) is 11.3 Å². The van der Waals surface area contributed by atoms with Gasteiger partial charge < -0.3 is 11.1 Å². The number of nitrogens with one attached hydrogen (secondary N) is 1. The number of hydrogen-bond acceptors (Lipinski definition) is 4. The third kappa shape index (κ3) is 3.14. The zero-order chi connectivity index (χ0) is 9.84. The fourth-order valence-electron chi connectivity index (χ4n) is 0.977. The van der Waals surface area contributed by atoms with E-state index in [1.807, 2.05) is 0 Å². The van der Waals surface area contributed by atoms with Crippen LogP contribution in [-0.2, 0) is 0 Å². The van der Waals surface area contributed by atoms with Crippen LogP contribution in [0.2, 0.25) is 5.15 Å². The molecular formula is C8H14ClN3S. The topological polar surface area (TPSA) is 50.9 Å². The van der Waals surface area contributed by atoms with Crippen molar-refractivity contribution in [2.75, 3.05) is 11.9 Å². The molecule has 0 bridgehead atoms. The molecule has 1 aromatic rings. The lowest BCUT2D eigenvalue weighted by atomic mass is 10.1. The Labute approximate surface area is 87.3 Å². The summed E-state index contributed by atoms with van der Waals surface area (Å²) in [7, 11) is 0. The predicted octanol–water partition coefficient (Wildman–Crippen LogP) is 2.19. The van der Waals surface area contributed by atoms with Crippen LogP contribution >= 0.6 is 22.9 Å². The second-order valence-electron chi connectivity index (χ2n) is 3.21. The molecule has 3 nitrogen and oxygen atoms in total. The van der Waals surface area contributed by atoms with Gasteiger partial charge in [-0.3, -0.25) is 0 Å². The fourth-order valence-corrected chi connectivity index (χ4v) is 1.88. The Morgan fingerprint density at radius 3 is 2.77 bits per heavy atom. The summed E-state index contributed by atoms with van der Waals surface area (Å²) >= 11 is 7.20. The molecule has 1 heterocycles. The number of anilines is 1. The number of nitrogens with zero attached hydrogens (tertiary/aromatic N) is 1. The van der Waals surface area contributed by atoms with Crippen LogP contribution in [0.15, 0.2) is 5.38 Å². The fraction of sp³-hybridized carbons (Fsp3) is 0.625. The highest BCUT2D eigenvalue weighted by Crippen LogP contribution is 2.20. The number of halogens is 1. The van der Waals surface area contributed by atoms with E-state index in [9.17, 15) is 0 Å². The zero-order valence-corrected chi connectivity index (χ0v) is 9.32. The summed E-state index contributed by atoms with van der Waals surface area (Å²) in [5.41, 5.74) is 5.61. The third-order valence-electron chi connectivity index (χ3n) is 1.84. The van der Waals surface area contributed by atoms with Gasteiger partial charge in [0, 0.05) is 18.0 Å². The maximum atomic E-state index is 5.69. The van der Waals surface area contributed by atoms with Crippen LogP contribution in [0.1, 0.15) is 13.8 Å². The molecule has 0 aromatic carbocycles. The van der Waals surface area contributed by atoms with Crippen LogP contribution < -0.4 is 11.1 Å². The summed E-state index contributed by atoms with van der Waals surface area (Å²) in [5.74, 6) is 0.493. The van der Waals surface area contributed by atoms with Crippen molar-refractivity contribution in [1.82, 2.24) is 4.98 Å². The van der Waals surface area contributed by atoms with Gasteiger partial charge in [0.05, 0.1) is 0 Å². The van der Waals surface area contributed by atoms with E-state index in [-0.39, 0.29) is 6.04 Å². The lowest BCUT2D eigenvalue weighted by Crippen LogP contribution is -2.33. The van der Waals surface area contributed by atoms with E-state index in [0.717, 1.165) is 5.13 Å². The molecule has 0 saturated heterocycles. The molecular weight excluding hydrogens is 206 g/mol. The molecule has 1 unspecified atom stereocenters. The minimum absolute atomic E-state index is 0.266. The smallest absolute Gasteiger partial charge is 0.184 e. The molecule has 1 atom stereocenters. The normalized spacial score (nSPS) is 13.3. The zero-order valence-electron chi connectivity index (χ0n) is 7.75. The standard InChI is InChI=1S/C8H14ClN3S/c1-5(2)6(3-10)11-8-12-7(9)4-13-8/h4-6H,3,10H2,1-2H3,(H,11,12). The highest BCUT2D eigenvalue weighted by molar-refractivity contribution is 7.14. The van der Waals surface area contributed by atoms with Crippen molar-refractivity contribution in [1.29, 1.82) is 0 Å². The highest BCUT2D eigenvalue weighted by atomic mass is 35.5. The Kier molecular flexibility index (Phi) is 3.96. The molecule has 3 N–H and O–H groups in total. The van der Waals surface area contributed by atoms with Gasteiger partial charge in [-0.1, -0.05) is 25.4 Å². The van der Waals surface area contributed by atoms with Crippen molar-refractivity contribution in [3.05, 3.63) is 10.5 Å². The van der Waals surface area contributed by atoms with Crippen LogP contribution in [0, 0.1) is 5.92 Å². The summed E-state index contributed by atoms with van der Waals surface area (Å²) in [4.78, 5) is 4.10. The maximum absolute atomic E-state index is 5.69. The van der Waals surface area contributed by atoms with Gasteiger partial charge in [0.1, 0.15) is 5.15 Å². The monoisotopic (exact) mass is 219 g/mol. The first-order chi connectivity index (χ1) is 6.13. The summed E-state index contributed by atoms with van der Waals surface area (Å²) in [5, 5.41) is 6.43. The van der Waals surface area contributed by atoms with Crippen LogP contribution in [0.25, 0.3) is 0 Å². The molecule has 0 radical (unpaired) electrons. The Hall–Kier alpha value is -0.320. The molecule has 5 heteroatoms. The van der Waals surface area contributed by atoms with Gasteiger partial charge in [0.25, 0.3) is 0 Å². The van der Waals surface area contributed by atoms with Crippen molar-refractivity contribution in [2.45, 2.75) is 19.9 Å². The van der Waals surface area contributed by atoms with Crippen molar-refractivity contribution in [3.63, 3.8) is 0 Å². The van der Waals surface area contributed by atoms with E-state index in [4.69, 9.17) is 17.3 Å². The molecule has 0 amide bonds. The Balaban J connectivity index is 2.56. The van der Waals surface area contributed by atoms with Crippen LogP contribution in [-0.4, -0.2) is 17.6 Å². The van der Waals surface area contributed by atoms with Crippen molar-refractivity contribution >= 4 is 28.1 Å². The summed E-state index contributed by atoms with van der Waals surface area (Å²) in [6.07, 6.45) is 0. The molecule has 0 aliphatic rings. The summed E-state index contributed by atoms with van der Waals surface area (Å²) in [6, 6.07) is 0.266. The number of thiazole rings is 1. The first kappa shape index (κ1) is 10.8. The second kappa shape index (κ2) is 4.79. The molecule has 0 aliphatic carbocycles. The van der Waals surface area contributed by atoms with Crippen molar-refractivity contribution in [2.24, 2.45) is 11.7 Å². The average Bonchev–Trinajstić information content (AvgIpc) is 2.46. The number of nitrogens with two attached hydrogens (primary N) is 1. The van der Waals surface area contributed by atoms with Crippen LogP contribution in [0.3, 0.4) is 0 Å². The van der Waals surface area contributed by atoms with E-state index in [2.05, 4.69) is 24.1 Å². The minimum atomic E-state index is 0.266. The minimum Gasteiger partial charge on any atom is -0.357 e. The van der Waals surface area contributed by atoms with Gasteiger partial charge in [0.2, 0.25) is 0 Å². The van der Waals surface area contributed by atoms with Crippen LogP contribution in [0.4, 0.5) is 5.13 Å². The van der Waals surface area contributed by atoms with Gasteiger partial charge >= 0.3 is 0 Å². The lowest BCUT2D eigenvalue weighted by Gasteiger charge is -2.19. The summed E-state index contributed by atoms with van der Waals surface area (Å²) < 4.78 is 0.